The molecule has 1 aromatic rings. The number of amides is 1. The number of allylic oxidation sites excluding steroid dienone is 2. The van der Waals surface area contributed by atoms with E-state index in [0.717, 1.165) is 18.4 Å². The Bertz CT molecular complexity index is 649. The van der Waals surface area contributed by atoms with Crippen LogP contribution in [0.1, 0.15) is 37.7 Å². The maximum absolute atomic E-state index is 12.6. The second kappa shape index (κ2) is 5.25. The molecule has 0 aliphatic heterocycles. The van der Waals surface area contributed by atoms with Gasteiger partial charge in [-0.25, -0.2) is 0 Å². The van der Waals surface area contributed by atoms with E-state index in [2.05, 4.69) is 5.32 Å². The van der Waals surface area contributed by atoms with Crippen LogP contribution in [0.3, 0.4) is 0 Å². The third-order valence-corrected chi connectivity index (χ3v) is 4.70. The van der Waals surface area contributed by atoms with Gasteiger partial charge in [-0.15, -0.1) is 0 Å². The fraction of sp³-hybridized carbons (Fsp3) is 0.412. The van der Waals surface area contributed by atoms with E-state index in [1.807, 2.05) is 24.3 Å². The molecule has 1 amide bonds. The van der Waals surface area contributed by atoms with Crippen molar-refractivity contribution in [2.75, 3.05) is 5.32 Å². The number of nitrogens with two attached hydrogens (primary N) is 1. The SMILES string of the molecule is NC1(c2cccc(NC(=O)C3(C(=O)O)CC=CCC3)c2)CC1. The predicted octanol–water partition coefficient (Wildman–Crippen LogP) is 2.38. The molecular weight excluding hydrogens is 280 g/mol. The first-order chi connectivity index (χ1) is 10.5. The molecule has 0 saturated heterocycles. The monoisotopic (exact) mass is 300 g/mol. The molecule has 1 saturated carbocycles. The maximum atomic E-state index is 12.6. The van der Waals surface area contributed by atoms with Gasteiger partial charge in [-0.2, -0.15) is 0 Å². The summed E-state index contributed by atoms with van der Waals surface area (Å²) >= 11 is 0. The molecule has 5 nitrogen and oxygen atoms in total. The lowest BCUT2D eigenvalue weighted by molar-refractivity contribution is -0.154. The number of benzene rings is 1. The summed E-state index contributed by atoms with van der Waals surface area (Å²) < 4.78 is 0. The lowest BCUT2D eigenvalue weighted by Gasteiger charge is -2.29. The number of hydrogen-bond donors (Lipinski definition) is 3. The first-order valence-electron chi connectivity index (χ1n) is 7.56. The molecule has 116 valence electrons. The smallest absolute Gasteiger partial charge is 0.319 e. The normalized spacial score (nSPS) is 25.5. The van der Waals surface area contributed by atoms with E-state index < -0.39 is 17.3 Å². The molecule has 2 aliphatic carbocycles. The second-order valence-corrected chi connectivity index (χ2v) is 6.29. The number of carbonyl (C=O) groups is 2. The van der Waals surface area contributed by atoms with Crippen molar-refractivity contribution in [2.45, 2.75) is 37.6 Å². The molecule has 5 heteroatoms. The van der Waals surface area contributed by atoms with Crippen molar-refractivity contribution in [2.24, 2.45) is 11.1 Å². The van der Waals surface area contributed by atoms with Crippen LogP contribution in [-0.2, 0) is 15.1 Å². The van der Waals surface area contributed by atoms with Gasteiger partial charge in [-0.05, 0) is 49.8 Å². The zero-order valence-electron chi connectivity index (χ0n) is 12.3. The number of carbonyl (C=O) groups excluding carboxylic acids is 1. The van der Waals surface area contributed by atoms with Gasteiger partial charge in [-0.1, -0.05) is 24.3 Å². The van der Waals surface area contributed by atoms with Crippen LogP contribution in [0.4, 0.5) is 5.69 Å². The minimum absolute atomic E-state index is 0.231. The number of carboxylic acids is 1. The quantitative estimate of drug-likeness (QED) is 0.588. The number of nitrogens with one attached hydrogen (secondary N) is 1. The summed E-state index contributed by atoms with van der Waals surface area (Å²) in [7, 11) is 0. The first kappa shape index (κ1) is 14.8. The lowest BCUT2D eigenvalue weighted by atomic mass is 9.76. The fourth-order valence-electron chi connectivity index (χ4n) is 2.91. The number of rotatable bonds is 4. The average Bonchev–Trinajstić information content (AvgIpc) is 3.27. The highest BCUT2D eigenvalue weighted by Gasteiger charge is 2.46. The third kappa shape index (κ3) is 2.52. The number of anilines is 1. The minimum Gasteiger partial charge on any atom is -0.480 e. The van der Waals surface area contributed by atoms with Crippen molar-refractivity contribution < 1.29 is 14.7 Å². The molecule has 4 N–H and O–H groups in total. The van der Waals surface area contributed by atoms with Crippen molar-refractivity contribution in [3.05, 3.63) is 42.0 Å². The number of carboxylic acid groups (broad SMARTS) is 1. The Morgan fingerprint density at radius 2 is 1.95 bits per heavy atom. The summed E-state index contributed by atoms with van der Waals surface area (Å²) in [4.78, 5) is 24.2. The zero-order valence-corrected chi connectivity index (χ0v) is 12.3. The largest absolute Gasteiger partial charge is 0.480 e. The highest BCUT2D eigenvalue weighted by Crippen LogP contribution is 2.43. The Labute approximate surface area is 129 Å². The Kier molecular flexibility index (Phi) is 3.53. The van der Waals surface area contributed by atoms with Gasteiger partial charge in [0.25, 0.3) is 0 Å². The molecule has 0 bridgehead atoms. The summed E-state index contributed by atoms with van der Waals surface area (Å²) in [6, 6.07) is 7.39. The summed E-state index contributed by atoms with van der Waals surface area (Å²) in [6.07, 6.45) is 6.72. The molecule has 2 aliphatic rings. The molecule has 1 aromatic carbocycles. The summed E-state index contributed by atoms with van der Waals surface area (Å²) in [5, 5.41) is 12.3. The van der Waals surface area contributed by atoms with Crippen molar-refractivity contribution in [1.82, 2.24) is 0 Å². The summed E-state index contributed by atoms with van der Waals surface area (Å²) in [5.74, 6) is -1.52. The van der Waals surface area contributed by atoms with Gasteiger partial charge in [-0.3, -0.25) is 9.59 Å². The molecule has 0 heterocycles. The van der Waals surface area contributed by atoms with Gasteiger partial charge < -0.3 is 16.2 Å². The number of hydrogen-bond acceptors (Lipinski definition) is 3. The van der Waals surface area contributed by atoms with E-state index in [1.165, 1.54) is 0 Å². The molecular formula is C17H20N2O3. The van der Waals surface area contributed by atoms with Gasteiger partial charge >= 0.3 is 5.97 Å². The van der Waals surface area contributed by atoms with Gasteiger partial charge in [0.05, 0.1) is 0 Å². The maximum Gasteiger partial charge on any atom is 0.319 e. The second-order valence-electron chi connectivity index (χ2n) is 6.29. The van der Waals surface area contributed by atoms with Crippen LogP contribution in [0.15, 0.2) is 36.4 Å². The standard InChI is InChI=1S/C17H20N2O3/c18-17(9-10-17)12-5-4-6-13(11-12)19-14(20)16(15(21)22)7-2-1-3-8-16/h1-2,4-6,11H,3,7-10,18H2,(H,19,20)(H,21,22). The van der Waals surface area contributed by atoms with Crippen LogP contribution >= 0.6 is 0 Å². The zero-order chi connectivity index (χ0) is 15.8. The Morgan fingerprint density at radius 1 is 1.18 bits per heavy atom. The van der Waals surface area contributed by atoms with Crippen LogP contribution in [0.2, 0.25) is 0 Å². The van der Waals surface area contributed by atoms with Crippen molar-refractivity contribution in [1.29, 1.82) is 0 Å². The van der Waals surface area contributed by atoms with Crippen LogP contribution in [0.25, 0.3) is 0 Å². The van der Waals surface area contributed by atoms with Gasteiger partial charge in [0, 0.05) is 11.2 Å². The van der Waals surface area contributed by atoms with E-state index in [1.54, 1.807) is 12.1 Å². The van der Waals surface area contributed by atoms with Crippen molar-refractivity contribution in [3.63, 3.8) is 0 Å². The molecule has 1 fully saturated rings. The number of aliphatic carboxylic acids is 1. The Morgan fingerprint density at radius 3 is 2.55 bits per heavy atom. The van der Waals surface area contributed by atoms with Gasteiger partial charge in [0.15, 0.2) is 0 Å². The molecule has 3 rings (SSSR count). The van der Waals surface area contributed by atoms with Crippen LogP contribution in [0.5, 0.6) is 0 Å². The molecule has 22 heavy (non-hydrogen) atoms. The van der Waals surface area contributed by atoms with E-state index in [-0.39, 0.29) is 12.0 Å². The molecule has 0 spiro atoms. The minimum atomic E-state index is -1.37. The molecule has 1 unspecified atom stereocenters. The fourth-order valence-corrected chi connectivity index (χ4v) is 2.91. The highest BCUT2D eigenvalue weighted by molar-refractivity contribution is 6.08. The van der Waals surface area contributed by atoms with E-state index in [0.29, 0.717) is 18.5 Å². The highest BCUT2D eigenvalue weighted by atomic mass is 16.4. The van der Waals surface area contributed by atoms with Crippen LogP contribution in [-0.4, -0.2) is 17.0 Å². The molecule has 1 atom stereocenters. The lowest BCUT2D eigenvalue weighted by Crippen LogP contribution is -2.43. The average molecular weight is 300 g/mol. The van der Waals surface area contributed by atoms with Crippen molar-refractivity contribution in [3.8, 4) is 0 Å². The predicted molar refractivity (Wildman–Crippen MR) is 83.2 cm³/mol. The molecule has 0 radical (unpaired) electrons. The topological polar surface area (TPSA) is 92.4 Å². The van der Waals surface area contributed by atoms with E-state index in [4.69, 9.17) is 5.73 Å². The Balaban J connectivity index is 1.81. The third-order valence-electron chi connectivity index (χ3n) is 4.70. The molecule has 0 aromatic heterocycles. The van der Waals surface area contributed by atoms with E-state index in [9.17, 15) is 14.7 Å². The van der Waals surface area contributed by atoms with E-state index >= 15 is 0 Å². The summed E-state index contributed by atoms with van der Waals surface area (Å²) in [6.45, 7) is 0. The first-order valence-corrected chi connectivity index (χ1v) is 7.56. The van der Waals surface area contributed by atoms with Gasteiger partial charge in [0.1, 0.15) is 5.41 Å². The Hall–Kier alpha value is -2.14. The van der Waals surface area contributed by atoms with Crippen LogP contribution < -0.4 is 11.1 Å². The van der Waals surface area contributed by atoms with Crippen LogP contribution in [0, 0.1) is 5.41 Å². The van der Waals surface area contributed by atoms with Gasteiger partial charge in [0.2, 0.25) is 5.91 Å². The summed E-state index contributed by atoms with van der Waals surface area (Å²) in [5.41, 5.74) is 6.11. The van der Waals surface area contributed by atoms with Crippen molar-refractivity contribution >= 4 is 17.6 Å².